The molecule has 7 nitrogen and oxygen atoms in total. The Bertz CT molecular complexity index is 710. The number of aryl methyl sites for hydroxylation is 1. The number of piperazine rings is 1. The van der Waals surface area contributed by atoms with E-state index < -0.39 is 0 Å². The van der Waals surface area contributed by atoms with Gasteiger partial charge in [0.05, 0.1) is 6.04 Å². The van der Waals surface area contributed by atoms with Crippen molar-refractivity contribution in [2.45, 2.75) is 26.4 Å². The van der Waals surface area contributed by atoms with E-state index in [-0.39, 0.29) is 6.04 Å². The van der Waals surface area contributed by atoms with Gasteiger partial charge in [-0.05, 0) is 24.6 Å². The van der Waals surface area contributed by atoms with E-state index in [0.717, 1.165) is 44.2 Å². The zero-order valence-corrected chi connectivity index (χ0v) is 14.1. The van der Waals surface area contributed by atoms with Gasteiger partial charge < -0.3 is 13.9 Å². The SMILES string of the molecule is Cc1nnc(C(C)N2CCN(Cc3ccc4c(c3)OCO4)CC2)o1. The summed E-state index contributed by atoms with van der Waals surface area (Å²) < 4.78 is 16.4. The average molecular weight is 330 g/mol. The maximum Gasteiger partial charge on any atom is 0.233 e. The lowest BCUT2D eigenvalue weighted by Crippen LogP contribution is -2.46. The zero-order chi connectivity index (χ0) is 16.5. The third-order valence-corrected chi connectivity index (χ3v) is 4.70. The quantitative estimate of drug-likeness (QED) is 0.849. The van der Waals surface area contributed by atoms with Gasteiger partial charge in [-0.1, -0.05) is 6.07 Å². The molecule has 0 N–H and O–H groups in total. The molecular formula is C17H22N4O3. The molecule has 0 bridgehead atoms. The minimum atomic E-state index is 0.166. The number of hydrogen-bond acceptors (Lipinski definition) is 7. The number of fused-ring (bicyclic) bond motifs is 1. The molecule has 0 amide bonds. The molecule has 3 heterocycles. The van der Waals surface area contributed by atoms with Crippen LogP contribution in [0.2, 0.25) is 0 Å². The third-order valence-electron chi connectivity index (χ3n) is 4.70. The summed E-state index contributed by atoms with van der Waals surface area (Å²) in [5, 5.41) is 8.07. The first-order valence-electron chi connectivity index (χ1n) is 8.34. The lowest BCUT2D eigenvalue weighted by molar-refractivity contribution is 0.0870. The fraction of sp³-hybridized carbons (Fsp3) is 0.529. The van der Waals surface area contributed by atoms with Gasteiger partial charge in [0, 0.05) is 39.6 Å². The minimum Gasteiger partial charge on any atom is -0.454 e. The van der Waals surface area contributed by atoms with Gasteiger partial charge in [0.15, 0.2) is 11.5 Å². The molecule has 24 heavy (non-hydrogen) atoms. The highest BCUT2D eigenvalue weighted by Gasteiger charge is 2.25. The number of nitrogens with zero attached hydrogens (tertiary/aromatic N) is 4. The highest BCUT2D eigenvalue weighted by molar-refractivity contribution is 5.44. The summed E-state index contributed by atoms with van der Waals surface area (Å²) in [7, 11) is 0. The zero-order valence-electron chi connectivity index (χ0n) is 14.1. The molecule has 128 valence electrons. The first-order chi connectivity index (χ1) is 11.7. The molecule has 1 aromatic heterocycles. The summed E-state index contributed by atoms with van der Waals surface area (Å²) in [5.74, 6) is 3.02. The molecule has 0 aliphatic carbocycles. The second kappa shape index (κ2) is 6.41. The van der Waals surface area contributed by atoms with Crippen molar-refractivity contribution in [3.63, 3.8) is 0 Å². The van der Waals surface area contributed by atoms with Gasteiger partial charge in [-0.3, -0.25) is 9.80 Å². The smallest absolute Gasteiger partial charge is 0.233 e. The second-order valence-electron chi connectivity index (χ2n) is 6.34. The fourth-order valence-electron chi connectivity index (χ4n) is 3.24. The van der Waals surface area contributed by atoms with Crippen LogP contribution in [0.4, 0.5) is 0 Å². The predicted octanol–water partition coefficient (Wildman–Crippen LogP) is 1.99. The third kappa shape index (κ3) is 3.09. The maximum absolute atomic E-state index is 5.56. The van der Waals surface area contributed by atoms with Gasteiger partial charge in [0.25, 0.3) is 0 Å². The molecule has 2 aliphatic rings. The van der Waals surface area contributed by atoms with Crippen LogP contribution in [0.3, 0.4) is 0 Å². The van der Waals surface area contributed by atoms with Crippen LogP contribution < -0.4 is 9.47 Å². The Hall–Kier alpha value is -2.12. The van der Waals surface area contributed by atoms with Crippen LogP contribution in [0, 0.1) is 6.92 Å². The molecule has 0 saturated carbocycles. The van der Waals surface area contributed by atoms with Crippen LogP contribution in [0.5, 0.6) is 11.5 Å². The van der Waals surface area contributed by atoms with Gasteiger partial charge in [0.1, 0.15) is 0 Å². The van der Waals surface area contributed by atoms with Crippen LogP contribution in [0.25, 0.3) is 0 Å². The molecule has 1 atom stereocenters. The van der Waals surface area contributed by atoms with Gasteiger partial charge in [-0.25, -0.2) is 0 Å². The van der Waals surface area contributed by atoms with Crippen molar-refractivity contribution < 1.29 is 13.9 Å². The van der Waals surface area contributed by atoms with E-state index in [0.29, 0.717) is 18.6 Å². The van der Waals surface area contributed by atoms with Crippen LogP contribution in [-0.2, 0) is 6.54 Å². The Labute approximate surface area is 141 Å². The van der Waals surface area contributed by atoms with Crippen molar-refractivity contribution in [3.05, 3.63) is 35.5 Å². The Balaban J connectivity index is 1.33. The largest absolute Gasteiger partial charge is 0.454 e. The monoisotopic (exact) mass is 330 g/mol. The highest BCUT2D eigenvalue weighted by atomic mass is 16.7. The van der Waals surface area contributed by atoms with Gasteiger partial charge >= 0.3 is 0 Å². The number of hydrogen-bond donors (Lipinski definition) is 0. The number of aromatic nitrogens is 2. The molecule has 1 aromatic carbocycles. The van der Waals surface area contributed by atoms with E-state index in [1.54, 1.807) is 0 Å². The van der Waals surface area contributed by atoms with E-state index in [1.807, 2.05) is 13.0 Å². The van der Waals surface area contributed by atoms with E-state index in [2.05, 4.69) is 39.1 Å². The van der Waals surface area contributed by atoms with E-state index in [4.69, 9.17) is 13.9 Å². The number of rotatable bonds is 4. The highest BCUT2D eigenvalue weighted by Crippen LogP contribution is 2.33. The summed E-state index contributed by atoms with van der Waals surface area (Å²) in [5.41, 5.74) is 1.26. The van der Waals surface area contributed by atoms with E-state index in [1.165, 1.54) is 5.56 Å². The Morgan fingerprint density at radius 2 is 1.88 bits per heavy atom. The molecule has 1 saturated heterocycles. The van der Waals surface area contributed by atoms with Crippen molar-refractivity contribution in [1.29, 1.82) is 0 Å². The predicted molar refractivity (Wildman–Crippen MR) is 86.9 cm³/mol. The molecule has 7 heteroatoms. The van der Waals surface area contributed by atoms with Crippen molar-refractivity contribution in [2.24, 2.45) is 0 Å². The molecule has 1 fully saturated rings. The molecule has 0 spiro atoms. The summed E-state index contributed by atoms with van der Waals surface area (Å²) in [6.07, 6.45) is 0. The van der Waals surface area contributed by atoms with Crippen molar-refractivity contribution in [3.8, 4) is 11.5 Å². The number of ether oxygens (including phenoxy) is 2. The maximum atomic E-state index is 5.56. The first kappa shape index (κ1) is 15.4. The fourth-order valence-corrected chi connectivity index (χ4v) is 3.24. The topological polar surface area (TPSA) is 63.9 Å². The minimum absolute atomic E-state index is 0.166. The van der Waals surface area contributed by atoms with Crippen molar-refractivity contribution in [2.75, 3.05) is 33.0 Å². The molecule has 0 radical (unpaired) electrons. The van der Waals surface area contributed by atoms with Crippen LogP contribution in [0.15, 0.2) is 22.6 Å². The Morgan fingerprint density at radius 1 is 1.08 bits per heavy atom. The van der Waals surface area contributed by atoms with Crippen LogP contribution in [-0.4, -0.2) is 53.0 Å². The Kier molecular flexibility index (Phi) is 4.12. The summed E-state index contributed by atoms with van der Waals surface area (Å²) >= 11 is 0. The van der Waals surface area contributed by atoms with E-state index >= 15 is 0 Å². The van der Waals surface area contributed by atoms with Crippen LogP contribution >= 0.6 is 0 Å². The van der Waals surface area contributed by atoms with Gasteiger partial charge in [-0.15, -0.1) is 10.2 Å². The normalized spacial score (nSPS) is 19.6. The summed E-state index contributed by atoms with van der Waals surface area (Å²) in [6.45, 7) is 9.23. The average Bonchev–Trinajstić information content (AvgIpc) is 3.23. The van der Waals surface area contributed by atoms with Gasteiger partial charge in [0.2, 0.25) is 18.6 Å². The summed E-state index contributed by atoms with van der Waals surface area (Å²) in [4.78, 5) is 4.85. The number of benzene rings is 1. The first-order valence-corrected chi connectivity index (χ1v) is 8.34. The van der Waals surface area contributed by atoms with E-state index in [9.17, 15) is 0 Å². The molecule has 4 rings (SSSR count). The standard InChI is InChI=1S/C17H22N4O3/c1-12(17-19-18-13(2)24-17)21-7-5-20(6-8-21)10-14-3-4-15-16(9-14)23-11-22-15/h3-4,9,12H,5-8,10-11H2,1-2H3. The van der Waals surface area contributed by atoms with Crippen LogP contribution in [0.1, 0.15) is 30.3 Å². The van der Waals surface area contributed by atoms with Crippen molar-refractivity contribution in [1.82, 2.24) is 20.0 Å². The lowest BCUT2D eigenvalue weighted by atomic mass is 10.1. The molecule has 1 unspecified atom stereocenters. The lowest BCUT2D eigenvalue weighted by Gasteiger charge is -2.36. The molecular weight excluding hydrogens is 308 g/mol. The molecule has 2 aromatic rings. The molecule has 2 aliphatic heterocycles. The van der Waals surface area contributed by atoms with Gasteiger partial charge in [-0.2, -0.15) is 0 Å². The summed E-state index contributed by atoms with van der Waals surface area (Å²) in [6, 6.07) is 6.36. The van der Waals surface area contributed by atoms with Crippen molar-refractivity contribution >= 4 is 0 Å². The second-order valence-corrected chi connectivity index (χ2v) is 6.34. The Morgan fingerprint density at radius 3 is 2.62 bits per heavy atom.